The number of amides is 1. The fourth-order valence-electron chi connectivity index (χ4n) is 5.78. The van der Waals surface area contributed by atoms with Gasteiger partial charge in [0.15, 0.2) is 0 Å². The molecule has 0 atom stereocenters. The van der Waals surface area contributed by atoms with Gasteiger partial charge in [-0.3, -0.25) is 9.69 Å². The number of carbonyl (C=O) groups is 1. The lowest BCUT2D eigenvalue weighted by Gasteiger charge is -2.32. The molecule has 2 heterocycles. The summed E-state index contributed by atoms with van der Waals surface area (Å²) < 4.78 is 0. The van der Waals surface area contributed by atoms with Crippen LogP contribution in [0.2, 0.25) is 0 Å². The Morgan fingerprint density at radius 3 is 1.60 bits per heavy atom. The van der Waals surface area contributed by atoms with Crippen molar-refractivity contribution >= 4 is 5.91 Å². The summed E-state index contributed by atoms with van der Waals surface area (Å²) in [5.74, 6) is 1.67. The van der Waals surface area contributed by atoms with Gasteiger partial charge in [0.05, 0.1) is 0 Å². The molecule has 2 fully saturated rings. The number of benzene rings is 3. The Labute approximate surface area is 210 Å². The van der Waals surface area contributed by atoms with Crippen molar-refractivity contribution in [2.45, 2.75) is 45.1 Å². The maximum atomic E-state index is 13.1. The van der Waals surface area contributed by atoms with Crippen LogP contribution in [0.25, 0.3) is 0 Å². The van der Waals surface area contributed by atoms with E-state index in [1.165, 1.54) is 36.0 Å². The molecule has 0 saturated carbocycles. The predicted octanol–water partition coefficient (Wildman–Crippen LogP) is 6.24. The molecule has 0 bridgehead atoms. The number of piperidine rings is 2. The van der Waals surface area contributed by atoms with Crippen LogP contribution in [0.5, 0.6) is 0 Å². The highest BCUT2D eigenvalue weighted by molar-refractivity contribution is 5.94. The zero-order valence-corrected chi connectivity index (χ0v) is 20.8. The zero-order chi connectivity index (χ0) is 23.9. The van der Waals surface area contributed by atoms with Crippen LogP contribution in [0.15, 0.2) is 84.9 Å². The van der Waals surface area contributed by atoms with Crippen LogP contribution in [0.1, 0.15) is 52.7 Å². The van der Waals surface area contributed by atoms with Crippen LogP contribution in [-0.4, -0.2) is 41.9 Å². The normalized spacial score (nSPS) is 18.0. The van der Waals surface area contributed by atoms with E-state index in [4.69, 9.17) is 0 Å². The van der Waals surface area contributed by atoms with Gasteiger partial charge in [-0.25, -0.2) is 0 Å². The minimum absolute atomic E-state index is 0.191. The van der Waals surface area contributed by atoms with Crippen molar-refractivity contribution in [1.82, 2.24) is 9.80 Å². The van der Waals surface area contributed by atoms with Gasteiger partial charge in [0.25, 0.3) is 5.91 Å². The number of likely N-dealkylation sites (tertiary alicyclic amines) is 2. The van der Waals surface area contributed by atoms with Crippen molar-refractivity contribution in [3.63, 3.8) is 0 Å². The van der Waals surface area contributed by atoms with Gasteiger partial charge in [-0.1, -0.05) is 72.8 Å². The molecule has 2 aliphatic rings. The first-order valence-corrected chi connectivity index (χ1v) is 13.4. The topological polar surface area (TPSA) is 23.6 Å². The number of hydrogen-bond acceptors (Lipinski definition) is 2. The summed E-state index contributed by atoms with van der Waals surface area (Å²) in [6.07, 6.45) is 7.06. The second-order valence-electron chi connectivity index (χ2n) is 10.5. The maximum Gasteiger partial charge on any atom is 0.253 e. The summed E-state index contributed by atoms with van der Waals surface area (Å²) in [6, 6.07) is 30.0. The van der Waals surface area contributed by atoms with Crippen LogP contribution in [0.4, 0.5) is 0 Å². The molecule has 0 radical (unpaired) electrons. The van der Waals surface area contributed by atoms with Gasteiger partial charge >= 0.3 is 0 Å². The Bertz CT molecular complexity index is 1050. The van der Waals surface area contributed by atoms with Gasteiger partial charge in [-0.2, -0.15) is 0 Å². The van der Waals surface area contributed by atoms with E-state index in [0.717, 1.165) is 63.5 Å². The maximum absolute atomic E-state index is 13.1. The number of rotatable bonds is 7. The molecule has 0 spiro atoms. The molecule has 5 rings (SSSR count). The van der Waals surface area contributed by atoms with Crippen LogP contribution >= 0.6 is 0 Å². The lowest BCUT2D eigenvalue weighted by atomic mass is 9.90. The molecular weight excluding hydrogens is 428 g/mol. The zero-order valence-electron chi connectivity index (χ0n) is 20.8. The Morgan fingerprint density at radius 2 is 1.09 bits per heavy atom. The Kier molecular flexibility index (Phi) is 7.95. The summed E-state index contributed by atoms with van der Waals surface area (Å²) >= 11 is 0. The minimum Gasteiger partial charge on any atom is -0.339 e. The van der Waals surface area contributed by atoms with Gasteiger partial charge in [0.1, 0.15) is 0 Å². The molecule has 2 saturated heterocycles. The molecule has 1 amide bonds. The summed E-state index contributed by atoms with van der Waals surface area (Å²) in [5.41, 5.74) is 5.02. The highest BCUT2D eigenvalue weighted by Gasteiger charge is 2.24. The van der Waals surface area contributed by atoms with Crippen molar-refractivity contribution in [3.8, 4) is 0 Å². The van der Waals surface area contributed by atoms with E-state index in [1.54, 1.807) is 0 Å². The summed E-state index contributed by atoms with van der Waals surface area (Å²) in [7, 11) is 0. The van der Waals surface area contributed by atoms with Crippen molar-refractivity contribution in [2.75, 3.05) is 26.2 Å². The minimum atomic E-state index is 0.191. The SMILES string of the molecule is O=C(c1ccc(CN2CCC(Cc3ccccc3)CC2)cc1)N1CCC(Cc2ccccc2)CC1. The molecule has 0 aromatic heterocycles. The van der Waals surface area contributed by atoms with Crippen LogP contribution < -0.4 is 0 Å². The molecule has 35 heavy (non-hydrogen) atoms. The third kappa shape index (κ3) is 6.61. The van der Waals surface area contributed by atoms with Crippen molar-refractivity contribution in [2.24, 2.45) is 11.8 Å². The molecule has 0 N–H and O–H groups in total. The predicted molar refractivity (Wildman–Crippen MR) is 143 cm³/mol. The molecule has 3 nitrogen and oxygen atoms in total. The van der Waals surface area contributed by atoms with Crippen molar-refractivity contribution in [3.05, 3.63) is 107 Å². The highest BCUT2D eigenvalue weighted by Crippen LogP contribution is 2.25. The van der Waals surface area contributed by atoms with E-state index in [9.17, 15) is 4.79 Å². The van der Waals surface area contributed by atoms with Crippen molar-refractivity contribution < 1.29 is 4.79 Å². The average Bonchev–Trinajstić information content (AvgIpc) is 2.91. The highest BCUT2D eigenvalue weighted by atomic mass is 16.2. The Hall–Kier alpha value is -2.91. The second-order valence-corrected chi connectivity index (χ2v) is 10.5. The third-order valence-corrected chi connectivity index (χ3v) is 7.95. The molecule has 3 aromatic rings. The van der Waals surface area contributed by atoms with Gasteiger partial charge in [0, 0.05) is 25.2 Å². The van der Waals surface area contributed by atoms with Crippen LogP contribution in [-0.2, 0) is 19.4 Å². The van der Waals surface area contributed by atoms with Gasteiger partial charge in [-0.05, 0) is 92.3 Å². The van der Waals surface area contributed by atoms with Gasteiger partial charge in [0.2, 0.25) is 0 Å². The lowest BCUT2D eigenvalue weighted by Crippen LogP contribution is -2.39. The monoisotopic (exact) mass is 466 g/mol. The third-order valence-electron chi connectivity index (χ3n) is 7.95. The smallest absolute Gasteiger partial charge is 0.253 e. The molecule has 2 aliphatic heterocycles. The van der Waals surface area contributed by atoms with Gasteiger partial charge < -0.3 is 4.90 Å². The Morgan fingerprint density at radius 1 is 0.600 bits per heavy atom. The van der Waals surface area contributed by atoms with Crippen LogP contribution in [0.3, 0.4) is 0 Å². The fourth-order valence-corrected chi connectivity index (χ4v) is 5.78. The first-order valence-electron chi connectivity index (χ1n) is 13.4. The molecule has 182 valence electrons. The average molecular weight is 467 g/mol. The van der Waals surface area contributed by atoms with E-state index >= 15 is 0 Å². The standard InChI is InChI=1S/C32H38N2O/c35-32(34-21-17-29(18-22-34)24-27-9-5-2-6-10-27)31-13-11-30(12-14-31)25-33-19-15-28(16-20-33)23-26-7-3-1-4-8-26/h1-14,28-29H,15-25H2. The number of nitrogens with zero attached hydrogens (tertiary/aromatic N) is 2. The van der Waals surface area contributed by atoms with E-state index < -0.39 is 0 Å². The van der Waals surface area contributed by atoms with Crippen LogP contribution in [0, 0.1) is 11.8 Å². The molecule has 3 heteroatoms. The summed E-state index contributed by atoms with van der Waals surface area (Å²) in [4.78, 5) is 17.7. The van der Waals surface area contributed by atoms with Gasteiger partial charge in [-0.15, -0.1) is 0 Å². The molecule has 0 aliphatic carbocycles. The molecular formula is C32H38N2O. The van der Waals surface area contributed by atoms with E-state index in [2.05, 4.69) is 77.7 Å². The lowest BCUT2D eigenvalue weighted by molar-refractivity contribution is 0.0690. The van der Waals surface area contributed by atoms with E-state index in [0.29, 0.717) is 5.92 Å². The van der Waals surface area contributed by atoms with Crippen molar-refractivity contribution in [1.29, 1.82) is 0 Å². The number of hydrogen-bond donors (Lipinski definition) is 0. The quantitative estimate of drug-likeness (QED) is 0.412. The summed E-state index contributed by atoms with van der Waals surface area (Å²) in [6.45, 7) is 5.05. The first kappa shape index (κ1) is 23.8. The number of carbonyl (C=O) groups excluding carboxylic acids is 1. The van der Waals surface area contributed by atoms with E-state index in [-0.39, 0.29) is 5.91 Å². The second kappa shape index (κ2) is 11.7. The molecule has 0 unspecified atom stereocenters. The fraction of sp³-hybridized carbons (Fsp3) is 0.406. The largest absolute Gasteiger partial charge is 0.339 e. The molecule has 3 aromatic carbocycles. The Balaban J connectivity index is 1.06. The first-order chi connectivity index (χ1) is 17.2. The summed E-state index contributed by atoms with van der Waals surface area (Å²) in [5, 5.41) is 0. The van der Waals surface area contributed by atoms with E-state index in [1.807, 2.05) is 17.0 Å².